The van der Waals surface area contributed by atoms with Gasteiger partial charge >= 0.3 is 0 Å². The fourth-order valence-electron chi connectivity index (χ4n) is 2.24. The molecule has 1 aromatic heterocycles. The Morgan fingerprint density at radius 1 is 1.00 bits per heavy atom. The molecular formula is C17H15BrN2. The Labute approximate surface area is 127 Å². The predicted molar refractivity (Wildman–Crippen MR) is 85.5 cm³/mol. The number of hydrogen-bond acceptors (Lipinski definition) is 1. The van der Waals surface area contributed by atoms with Gasteiger partial charge in [0.2, 0.25) is 0 Å². The minimum absolute atomic E-state index is 0.168. The number of hydrogen-bond donors (Lipinski definition) is 0. The summed E-state index contributed by atoms with van der Waals surface area (Å²) in [4.78, 5) is 0.168. The first-order chi connectivity index (χ1) is 9.75. The van der Waals surface area contributed by atoms with Crippen molar-refractivity contribution >= 4 is 15.9 Å². The van der Waals surface area contributed by atoms with Gasteiger partial charge in [-0.05, 0) is 30.2 Å². The second-order valence-corrected chi connectivity index (χ2v) is 5.69. The van der Waals surface area contributed by atoms with Crippen LogP contribution in [0.2, 0.25) is 0 Å². The minimum Gasteiger partial charge on any atom is -0.241 e. The molecule has 0 saturated carbocycles. The lowest BCUT2D eigenvalue weighted by Crippen LogP contribution is -1.95. The van der Waals surface area contributed by atoms with Gasteiger partial charge in [0.15, 0.2) is 0 Å². The maximum Gasteiger partial charge on any atom is 0.0678 e. The number of aromatic nitrogens is 2. The van der Waals surface area contributed by atoms with Gasteiger partial charge in [-0.2, -0.15) is 5.10 Å². The Balaban J connectivity index is 1.93. The SMILES string of the molecule is Cc1ccccc1C(Br)c1cnn(-c2ccccc2)c1. The monoisotopic (exact) mass is 326 g/mol. The normalized spacial score (nSPS) is 12.3. The van der Waals surface area contributed by atoms with Crippen LogP contribution in [0.15, 0.2) is 67.0 Å². The molecule has 1 atom stereocenters. The van der Waals surface area contributed by atoms with Gasteiger partial charge in [-0.25, -0.2) is 4.68 Å². The van der Waals surface area contributed by atoms with Gasteiger partial charge in [-0.3, -0.25) is 0 Å². The number of rotatable bonds is 3. The van der Waals surface area contributed by atoms with E-state index in [1.165, 1.54) is 11.1 Å². The summed E-state index contributed by atoms with van der Waals surface area (Å²) in [5, 5.41) is 4.45. The molecule has 1 heterocycles. The van der Waals surface area contributed by atoms with Crippen LogP contribution in [0.1, 0.15) is 21.5 Å². The fourth-order valence-corrected chi connectivity index (χ4v) is 2.99. The molecule has 3 rings (SSSR count). The van der Waals surface area contributed by atoms with E-state index in [-0.39, 0.29) is 4.83 Å². The van der Waals surface area contributed by atoms with E-state index < -0.39 is 0 Å². The molecule has 100 valence electrons. The summed E-state index contributed by atoms with van der Waals surface area (Å²) in [6, 6.07) is 18.5. The summed E-state index contributed by atoms with van der Waals surface area (Å²) in [6.07, 6.45) is 3.99. The van der Waals surface area contributed by atoms with Crippen LogP contribution in [0.3, 0.4) is 0 Å². The van der Waals surface area contributed by atoms with Crippen molar-refractivity contribution in [1.82, 2.24) is 9.78 Å². The molecule has 2 aromatic carbocycles. The molecule has 3 aromatic rings. The third-order valence-corrected chi connectivity index (χ3v) is 4.40. The van der Waals surface area contributed by atoms with Crippen LogP contribution in [0.5, 0.6) is 0 Å². The summed E-state index contributed by atoms with van der Waals surface area (Å²) in [7, 11) is 0. The zero-order chi connectivity index (χ0) is 13.9. The number of alkyl halides is 1. The van der Waals surface area contributed by atoms with Crippen molar-refractivity contribution in [3.05, 3.63) is 83.7 Å². The van der Waals surface area contributed by atoms with E-state index in [9.17, 15) is 0 Å². The number of halogens is 1. The van der Waals surface area contributed by atoms with Crippen LogP contribution in [-0.4, -0.2) is 9.78 Å². The first-order valence-electron chi connectivity index (χ1n) is 6.55. The average molecular weight is 327 g/mol. The van der Waals surface area contributed by atoms with Crippen molar-refractivity contribution in [2.45, 2.75) is 11.8 Å². The van der Waals surface area contributed by atoms with E-state index in [0.29, 0.717) is 0 Å². The highest BCUT2D eigenvalue weighted by Gasteiger charge is 2.14. The number of benzene rings is 2. The second-order valence-electron chi connectivity index (χ2n) is 4.77. The third-order valence-electron chi connectivity index (χ3n) is 3.38. The molecule has 0 fully saturated rings. The van der Waals surface area contributed by atoms with Crippen molar-refractivity contribution in [2.75, 3.05) is 0 Å². The fraction of sp³-hybridized carbons (Fsp3) is 0.118. The standard InChI is InChI=1S/C17H15BrN2/c1-13-7-5-6-10-16(13)17(18)14-11-19-20(12-14)15-8-3-2-4-9-15/h2-12,17H,1H3. The molecule has 1 unspecified atom stereocenters. The van der Waals surface area contributed by atoms with E-state index in [1.54, 1.807) is 0 Å². The van der Waals surface area contributed by atoms with Crippen molar-refractivity contribution in [1.29, 1.82) is 0 Å². The summed E-state index contributed by atoms with van der Waals surface area (Å²) in [6.45, 7) is 2.13. The average Bonchev–Trinajstić information content (AvgIpc) is 2.98. The maximum atomic E-state index is 4.45. The topological polar surface area (TPSA) is 17.8 Å². The van der Waals surface area contributed by atoms with Gasteiger partial charge in [0.1, 0.15) is 0 Å². The molecule has 0 N–H and O–H groups in total. The van der Waals surface area contributed by atoms with Crippen molar-refractivity contribution in [3.8, 4) is 5.69 Å². The largest absolute Gasteiger partial charge is 0.241 e. The molecule has 0 spiro atoms. The lowest BCUT2D eigenvalue weighted by molar-refractivity contribution is 0.880. The molecule has 0 aliphatic rings. The van der Waals surface area contributed by atoms with Gasteiger partial charge < -0.3 is 0 Å². The molecule has 0 amide bonds. The van der Waals surface area contributed by atoms with Crippen LogP contribution in [-0.2, 0) is 0 Å². The van der Waals surface area contributed by atoms with Gasteiger partial charge in [-0.15, -0.1) is 0 Å². The van der Waals surface area contributed by atoms with Gasteiger partial charge in [0.05, 0.1) is 16.7 Å². The zero-order valence-electron chi connectivity index (χ0n) is 11.2. The van der Waals surface area contributed by atoms with Crippen LogP contribution < -0.4 is 0 Å². The van der Waals surface area contributed by atoms with Gasteiger partial charge in [-0.1, -0.05) is 58.4 Å². The minimum atomic E-state index is 0.168. The summed E-state index contributed by atoms with van der Waals surface area (Å²) in [5.41, 5.74) is 4.79. The zero-order valence-corrected chi connectivity index (χ0v) is 12.8. The maximum absolute atomic E-state index is 4.45. The lowest BCUT2D eigenvalue weighted by atomic mass is 10.0. The Morgan fingerprint density at radius 3 is 2.45 bits per heavy atom. The highest BCUT2D eigenvalue weighted by atomic mass is 79.9. The van der Waals surface area contributed by atoms with E-state index in [4.69, 9.17) is 0 Å². The third kappa shape index (κ3) is 2.54. The molecular weight excluding hydrogens is 312 g/mol. The Morgan fingerprint density at radius 2 is 1.70 bits per heavy atom. The number of aryl methyl sites for hydroxylation is 1. The van der Waals surface area contributed by atoms with Crippen LogP contribution in [0.4, 0.5) is 0 Å². The number of nitrogens with zero attached hydrogens (tertiary/aromatic N) is 2. The first kappa shape index (κ1) is 13.1. The van der Waals surface area contributed by atoms with Crippen LogP contribution >= 0.6 is 15.9 Å². The van der Waals surface area contributed by atoms with Gasteiger partial charge in [0, 0.05) is 11.8 Å². The molecule has 0 bridgehead atoms. The van der Waals surface area contributed by atoms with Crippen molar-refractivity contribution < 1.29 is 0 Å². The lowest BCUT2D eigenvalue weighted by Gasteiger charge is -2.10. The molecule has 3 heteroatoms. The molecule has 0 saturated heterocycles. The summed E-state index contributed by atoms with van der Waals surface area (Å²) in [5.74, 6) is 0. The van der Waals surface area contributed by atoms with Crippen molar-refractivity contribution in [3.63, 3.8) is 0 Å². The quantitative estimate of drug-likeness (QED) is 0.640. The smallest absolute Gasteiger partial charge is 0.0678 e. The summed E-state index contributed by atoms with van der Waals surface area (Å²) >= 11 is 3.78. The first-order valence-corrected chi connectivity index (χ1v) is 7.47. The predicted octanol–water partition coefficient (Wildman–Crippen LogP) is 4.67. The highest BCUT2D eigenvalue weighted by Crippen LogP contribution is 2.32. The van der Waals surface area contributed by atoms with Gasteiger partial charge in [0.25, 0.3) is 0 Å². The van der Waals surface area contributed by atoms with E-state index >= 15 is 0 Å². The molecule has 0 aliphatic heterocycles. The van der Waals surface area contributed by atoms with Crippen LogP contribution in [0.25, 0.3) is 5.69 Å². The number of para-hydroxylation sites is 1. The molecule has 0 radical (unpaired) electrons. The molecule has 20 heavy (non-hydrogen) atoms. The highest BCUT2D eigenvalue weighted by molar-refractivity contribution is 9.09. The second kappa shape index (κ2) is 5.63. The Kier molecular flexibility index (Phi) is 3.70. The van der Waals surface area contributed by atoms with E-state index in [0.717, 1.165) is 11.3 Å². The molecule has 0 aliphatic carbocycles. The van der Waals surface area contributed by atoms with Crippen molar-refractivity contribution in [2.24, 2.45) is 0 Å². The Hall–Kier alpha value is -1.87. The Bertz CT molecular complexity index is 704. The van der Waals surface area contributed by atoms with E-state index in [1.807, 2.05) is 41.2 Å². The van der Waals surface area contributed by atoms with E-state index in [2.05, 4.69) is 58.4 Å². The molecule has 2 nitrogen and oxygen atoms in total. The summed E-state index contributed by atoms with van der Waals surface area (Å²) < 4.78 is 1.90. The van der Waals surface area contributed by atoms with Crippen LogP contribution in [0, 0.1) is 6.92 Å².